The Kier molecular flexibility index (Phi) is 6.19. The van der Waals surface area contributed by atoms with Gasteiger partial charge in [-0.15, -0.1) is 21.5 Å². The number of methoxy groups -OCH3 is 1. The van der Waals surface area contributed by atoms with Gasteiger partial charge in [-0.2, -0.15) is 0 Å². The van der Waals surface area contributed by atoms with E-state index in [1.54, 1.807) is 18.4 Å². The quantitative estimate of drug-likeness (QED) is 0.760. The zero-order valence-corrected chi connectivity index (χ0v) is 13.1. The van der Waals surface area contributed by atoms with Crippen LogP contribution in [-0.2, 0) is 11.2 Å². The monoisotopic (exact) mass is 317 g/mol. The van der Waals surface area contributed by atoms with Crippen molar-refractivity contribution in [2.45, 2.75) is 12.8 Å². The highest BCUT2D eigenvalue weighted by Gasteiger charge is 2.08. The summed E-state index contributed by atoms with van der Waals surface area (Å²) in [7, 11) is 1.71. The molecule has 7 heteroatoms. The number of hydrogen-bond acceptors (Lipinski definition) is 6. The Morgan fingerprint density at radius 1 is 1.26 bits per heavy atom. The van der Waals surface area contributed by atoms with Gasteiger partial charge < -0.3 is 10.1 Å². The number of aryl methyl sites for hydroxylation is 1. The molecule has 0 bridgehead atoms. The molecule has 2 aromatic rings. The molecule has 104 valence electrons. The predicted octanol–water partition coefficient (Wildman–Crippen LogP) is 3.09. The average Bonchev–Trinajstić information content (AvgIpc) is 3.02. The van der Waals surface area contributed by atoms with E-state index in [2.05, 4.69) is 15.5 Å². The van der Waals surface area contributed by atoms with Crippen molar-refractivity contribution in [3.05, 3.63) is 21.5 Å². The largest absolute Gasteiger partial charge is 0.383 e. The van der Waals surface area contributed by atoms with Crippen LogP contribution in [0.2, 0.25) is 4.34 Å². The predicted molar refractivity (Wildman–Crippen MR) is 81.3 cm³/mol. The van der Waals surface area contributed by atoms with Crippen molar-refractivity contribution in [3.63, 3.8) is 0 Å². The molecule has 19 heavy (non-hydrogen) atoms. The van der Waals surface area contributed by atoms with Crippen LogP contribution < -0.4 is 5.32 Å². The molecule has 2 aromatic heterocycles. The van der Waals surface area contributed by atoms with E-state index in [4.69, 9.17) is 16.3 Å². The lowest BCUT2D eigenvalue weighted by atomic mass is 10.3. The molecule has 0 aromatic carbocycles. The molecule has 0 radical (unpaired) electrons. The van der Waals surface area contributed by atoms with Crippen LogP contribution in [-0.4, -0.2) is 37.0 Å². The lowest BCUT2D eigenvalue weighted by molar-refractivity contribution is 0.199. The van der Waals surface area contributed by atoms with Gasteiger partial charge in [-0.1, -0.05) is 22.9 Å². The van der Waals surface area contributed by atoms with Crippen molar-refractivity contribution in [3.8, 4) is 9.88 Å². The first kappa shape index (κ1) is 14.9. The molecule has 0 saturated carbocycles. The molecule has 0 spiro atoms. The van der Waals surface area contributed by atoms with Gasteiger partial charge in [0.05, 0.1) is 15.8 Å². The van der Waals surface area contributed by atoms with Gasteiger partial charge in [0.25, 0.3) is 0 Å². The molecule has 0 aliphatic rings. The topological polar surface area (TPSA) is 47.0 Å². The number of hydrogen-bond donors (Lipinski definition) is 1. The van der Waals surface area contributed by atoms with E-state index in [-0.39, 0.29) is 0 Å². The van der Waals surface area contributed by atoms with Crippen molar-refractivity contribution >= 4 is 34.3 Å². The fourth-order valence-electron chi connectivity index (χ4n) is 1.55. The van der Waals surface area contributed by atoms with E-state index < -0.39 is 0 Å². The lowest BCUT2D eigenvalue weighted by Gasteiger charge is -2.01. The maximum Gasteiger partial charge on any atom is 0.157 e. The minimum atomic E-state index is 0.752. The molecule has 0 amide bonds. The van der Waals surface area contributed by atoms with Gasteiger partial charge >= 0.3 is 0 Å². The maximum absolute atomic E-state index is 5.92. The van der Waals surface area contributed by atoms with Crippen LogP contribution in [0.25, 0.3) is 9.88 Å². The van der Waals surface area contributed by atoms with Gasteiger partial charge in [0.2, 0.25) is 0 Å². The third-order valence-electron chi connectivity index (χ3n) is 2.48. The van der Waals surface area contributed by atoms with Gasteiger partial charge in [0.1, 0.15) is 5.01 Å². The number of nitrogens with one attached hydrogen (secondary N) is 1. The fraction of sp³-hybridized carbons (Fsp3) is 0.500. The summed E-state index contributed by atoms with van der Waals surface area (Å²) in [5.74, 6) is 0. The molecule has 0 unspecified atom stereocenters. The highest BCUT2D eigenvalue weighted by atomic mass is 35.5. The third kappa shape index (κ3) is 4.81. The summed E-state index contributed by atoms with van der Waals surface area (Å²) < 4.78 is 5.75. The zero-order chi connectivity index (χ0) is 13.5. The number of ether oxygens (including phenoxy) is 1. The molecular formula is C12H16ClN3OS2. The highest BCUT2D eigenvalue weighted by molar-refractivity contribution is 7.23. The summed E-state index contributed by atoms with van der Waals surface area (Å²) in [5.41, 5.74) is 0. The number of rotatable bonds is 8. The van der Waals surface area contributed by atoms with E-state index >= 15 is 0 Å². The number of aromatic nitrogens is 2. The second kappa shape index (κ2) is 7.91. The van der Waals surface area contributed by atoms with Crippen LogP contribution in [0.5, 0.6) is 0 Å². The Labute approximate surface area is 125 Å². The second-order valence-electron chi connectivity index (χ2n) is 3.95. The van der Waals surface area contributed by atoms with Crippen LogP contribution in [0.4, 0.5) is 0 Å². The Morgan fingerprint density at radius 2 is 2.16 bits per heavy atom. The molecule has 1 N–H and O–H groups in total. The van der Waals surface area contributed by atoms with Gasteiger partial charge in [0, 0.05) is 20.1 Å². The molecular weight excluding hydrogens is 302 g/mol. The molecule has 0 aliphatic heterocycles. The van der Waals surface area contributed by atoms with Crippen molar-refractivity contribution < 1.29 is 4.74 Å². The average molecular weight is 318 g/mol. The standard InChI is InChI=1S/C12H16ClN3OS2/c1-17-8-7-14-6-2-3-11-15-16-12(19-11)9-4-5-10(13)18-9/h4-5,14H,2-3,6-8H2,1H3. The Bertz CT molecular complexity index is 501. The number of halogens is 1. The summed E-state index contributed by atoms with van der Waals surface area (Å²) in [6.45, 7) is 2.62. The van der Waals surface area contributed by atoms with Crippen LogP contribution in [0.1, 0.15) is 11.4 Å². The molecule has 0 saturated heterocycles. The molecule has 4 nitrogen and oxygen atoms in total. The van der Waals surface area contributed by atoms with Crippen molar-refractivity contribution in [2.75, 3.05) is 26.8 Å². The van der Waals surface area contributed by atoms with Crippen LogP contribution in [0.3, 0.4) is 0 Å². The first-order chi connectivity index (χ1) is 9.29. The van der Waals surface area contributed by atoms with Gasteiger partial charge in [0.15, 0.2) is 5.01 Å². The lowest BCUT2D eigenvalue weighted by Crippen LogP contribution is -2.20. The first-order valence-corrected chi connectivity index (χ1v) is 8.08. The van der Waals surface area contributed by atoms with E-state index in [1.165, 1.54) is 11.3 Å². The van der Waals surface area contributed by atoms with E-state index in [0.717, 1.165) is 51.8 Å². The van der Waals surface area contributed by atoms with Crippen LogP contribution in [0, 0.1) is 0 Å². The minimum Gasteiger partial charge on any atom is -0.383 e. The van der Waals surface area contributed by atoms with E-state index in [9.17, 15) is 0 Å². The molecule has 0 fully saturated rings. The van der Waals surface area contributed by atoms with E-state index in [0.29, 0.717) is 0 Å². The number of nitrogens with zero attached hydrogens (tertiary/aromatic N) is 2. The number of thiophene rings is 1. The van der Waals surface area contributed by atoms with Gasteiger partial charge in [-0.3, -0.25) is 0 Å². The summed E-state index contributed by atoms with van der Waals surface area (Å²) >= 11 is 9.10. The molecule has 2 heterocycles. The minimum absolute atomic E-state index is 0.752. The van der Waals surface area contributed by atoms with Gasteiger partial charge in [-0.25, -0.2) is 0 Å². The van der Waals surface area contributed by atoms with E-state index in [1.807, 2.05) is 12.1 Å². The van der Waals surface area contributed by atoms with Gasteiger partial charge in [-0.05, 0) is 25.1 Å². The summed E-state index contributed by atoms with van der Waals surface area (Å²) in [5, 5.41) is 13.8. The highest BCUT2D eigenvalue weighted by Crippen LogP contribution is 2.32. The summed E-state index contributed by atoms with van der Waals surface area (Å²) in [6, 6.07) is 3.88. The SMILES string of the molecule is COCCNCCCc1nnc(-c2ccc(Cl)s2)s1. The Balaban J connectivity index is 1.75. The molecule has 2 rings (SSSR count). The Hall–Kier alpha value is -0.530. The second-order valence-corrected chi connectivity index (χ2v) is 6.73. The van der Waals surface area contributed by atoms with Crippen molar-refractivity contribution in [1.29, 1.82) is 0 Å². The summed E-state index contributed by atoms with van der Waals surface area (Å²) in [4.78, 5) is 1.09. The zero-order valence-electron chi connectivity index (χ0n) is 10.7. The smallest absolute Gasteiger partial charge is 0.157 e. The molecule has 0 aliphatic carbocycles. The Morgan fingerprint density at radius 3 is 2.89 bits per heavy atom. The van der Waals surface area contributed by atoms with Crippen molar-refractivity contribution in [2.24, 2.45) is 0 Å². The van der Waals surface area contributed by atoms with Crippen LogP contribution in [0.15, 0.2) is 12.1 Å². The third-order valence-corrected chi connectivity index (χ3v) is 4.86. The van der Waals surface area contributed by atoms with Crippen molar-refractivity contribution in [1.82, 2.24) is 15.5 Å². The molecule has 0 atom stereocenters. The van der Waals surface area contributed by atoms with Crippen LogP contribution >= 0.6 is 34.3 Å². The summed E-state index contributed by atoms with van der Waals surface area (Å²) in [6.07, 6.45) is 2.01. The maximum atomic E-state index is 5.92. The first-order valence-electron chi connectivity index (χ1n) is 6.07. The fourth-order valence-corrected chi connectivity index (χ4v) is 3.52. The normalized spacial score (nSPS) is 11.1.